The number of aliphatic hydroxyl groups is 1. The van der Waals surface area contributed by atoms with Crippen LogP contribution in [0.4, 0.5) is 5.69 Å². The summed E-state index contributed by atoms with van der Waals surface area (Å²) in [7, 11) is 0. The Morgan fingerprint density at radius 3 is 3.05 bits per heavy atom. The van der Waals surface area contributed by atoms with E-state index in [1.165, 1.54) is 11.3 Å². The van der Waals surface area contributed by atoms with Crippen molar-refractivity contribution in [1.82, 2.24) is 5.32 Å². The average molecular weight is 297 g/mol. The monoisotopic (exact) mass is 296 g/mol. The quantitative estimate of drug-likeness (QED) is 0.759. The van der Waals surface area contributed by atoms with E-state index < -0.39 is 0 Å². The molecule has 0 amide bonds. The Morgan fingerprint density at radius 2 is 2.30 bits per heavy atom. The minimum absolute atomic E-state index is 0.291. The molecule has 0 radical (unpaired) electrons. The van der Waals surface area contributed by atoms with Crippen molar-refractivity contribution in [2.24, 2.45) is 5.92 Å². The second kappa shape index (κ2) is 7.87. The first-order valence-electron chi connectivity index (χ1n) is 7.59. The van der Waals surface area contributed by atoms with Gasteiger partial charge >= 0.3 is 0 Å². The number of hydrogen-bond acceptors (Lipinski definition) is 3. The van der Waals surface area contributed by atoms with Gasteiger partial charge in [0.1, 0.15) is 0 Å². The van der Waals surface area contributed by atoms with Crippen LogP contribution in [0, 0.1) is 5.92 Å². The molecule has 20 heavy (non-hydrogen) atoms. The summed E-state index contributed by atoms with van der Waals surface area (Å²) >= 11 is 6.17. The van der Waals surface area contributed by atoms with Gasteiger partial charge < -0.3 is 15.3 Å². The van der Waals surface area contributed by atoms with Crippen molar-refractivity contribution >= 4 is 17.3 Å². The van der Waals surface area contributed by atoms with Gasteiger partial charge in [0.15, 0.2) is 0 Å². The molecular formula is C16H25ClN2O. The summed E-state index contributed by atoms with van der Waals surface area (Å²) in [6, 6.07) is 6.17. The topological polar surface area (TPSA) is 35.5 Å². The number of hydrogen-bond donors (Lipinski definition) is 2. The van der Waals surface area contributed by atoms with Crippen LogP contribution in [-0.2, 0) is 6.54 Å². The third-order valence-corrected chi connectivity index (χ3v) is 4.19. The fourth-order valence-corrected chi connectivity index (χ4v) is 3.02. The zero-order chi connectivity index (χ0) is 14.4. The van der Waals surface area contributed by atoms with E-state index in [0.29, 0.717) is 12.5 Å². The van der Waals surface area contributed by atoms with E-state index in [1.54, 1.807) is 0 Å². The van der Waals surface area contributed by atoms with Crippen LogP contribution < -0.4 is 10.2 Å². The van der Waals surface area contributed by atoms with E-state index in [2.05, 4.69) is 29.3 Å². The molecule has 3 nitrogen and oxygen atoms in total. The van der Waals surface area contributed by atoms with Crippen LogP contribution in [0.5, 0.6) is 0 Å². The third-order valence-electron chi connectivity index (χ3n) is 3.95. The van der Waals surface area contributed by atoms with Crippen LogP contribution in [0.15, 0.2) is 18.2 Å². The number of anilines is 1. The molecule has 1 unspecified atom stereocenters. The molecule has 1 fully saturated rings. The van der Waals surface area contributed by atoms with Crippen molar-refractivity contribution in [3.8, 4) is 0 Å². The van der Waals surface area contributed by atoms with Gasteiger partial charge in [-0.15, -0.1) is 0 Å². The number of halogens is 1. The standard InChI is InChI=1S/C16H25ClN2O/c1-2-7-18-11-14-3-4-15(17)10-16(14)19-8-5-13(12-19)6-9-20/h3-4,10,13,18,20H,2,5-9,11-12H2,1H3. The van der Waals surface area contributed by atoms with Crippen LogP contribution in [0.1, 0.15) is 31.7 Å². The number of aliphatic hydroxyl groups excluding tert-OH is 1. The van der Waals surface area contributed by atoms with Gasteiger partial charge in [0, 0.05) is 37.0 Å². The van der Waals surface area contributed by atoms with Crippen LogP contribution >= 0.6 is 11.6 Å². The molecule has 1 aliphatic rings. The molecule has 0 aromatic heterocycles. The Kier molecular flexibility index (Phi) is 6.14. The van der Waals surface area contributed by atoms with Gasteiger partial charge in [-0.3, -0.25) is 0 Å². The van der Waals surface area contributed by atoms with Crippen LogP contribution in [0.25, 0.3) is 0 Å². The van der Waals surface area contributed by atoms with E-state index >= 15 is 0 Å². The van der Waals surface area contributed by atoms with Crippen molar-refractivity contribution < 1.29 is 5.11 Å². The molecule has 1 aromatic carbocycles. The molecule has 0 spiro atoms. The van der Waals surface area contributed by atoms with Crippen LogP contribution in [-0.4, -0.2) is 31.3 Å². The maximum Gasteiger partial charge on any atom is 0.0434 e. The summed E-state index contributed by atoms with van der Waals surface area (Å²) in [5.41, 5.74) is 2.56. The number of benzene rings is 1. The number of nitrogens with one attached hydrogen (secondary N) is 1. The first kappa shape index (κ1) is 15.6. The summed E-state index contributed by atoms with van der Waals surface area (Å²) < 4.78 is 0. The molecule has 4 heteroatoms. The van der Waals surface area contributed by atoms with Gasteiger partial charge in [-0.2, -0.15) is 0 Å². The normalized spacial score (nSPS) is 18.8. The van der Waals surface area contributed by atoms with E-state index in [-0.39, 0.29) is 0 Å². The number of nitrogens with zero attached hydrogens (tertiary/aromatic N) is 1. The summed E-state index contributed by atoms with van der Waals surface area (Å²) in [6.07, 6.45) is 3.21. The zero-order valence-corrected chi connectivity index (χ0v) is 13.0. The van der Waals surface area contributed by atoms with E-state index in [1.807, 2.05) is 6.07 Å². The van der Waals surface area contributed by atoms with Gasteiger partial charge in [0.05, 0.1) is 0 Å². The van der Waals surface area contributed by atoms with Crippen molar-refractivity contribution in [2.75, 3.05) is 31.1 Å². The first-order chi connectivity index (χ1) is 9.74. The fourth-order valence-electron chi connectivity index (χ4n) is 2.85. The Morgan fingerprint density at radius 1 is 1.45 bits per heavy atom. The highest BCUT2D eigenvalue weighted by Crippen LogP contribution is 2.30. The second-order valence-electron chi connectivity index (χ2n) is 5.56. The zero-order valence-electron chi connectivity index (χ0n) is 12.2. The molecule has 1 atom stereocenters. The summed E-state index contributed by atoms with van der Waals surface area (Å²) in [5, 5.41) is 13.3. The van der Waals surface area contributed by atoms with E-state index in [4.69, 9.17) is 16.7 Å². The highest BCUT2D eigenvalue weighted by atomic mass is 35.5. The van der Waals surface area contributed by atoms with Crippen molar-refractivity contribution in [3.63, 3.8) is 0 Å². The van der Waals surface area contributed by atoms with Crippen LogP contribution in [0.3, 0.4) is 0 Å². The van der Waals surface area contributed by atoms with Crippen molar-refractivity contribution in [2.45, 2.75) is 32.7 Å². The molecule has 112 valence electrons. The SMILES string of the molecule is CCCNCc1ccc(Cl)cc1N1CCC(CCO)C1. The van der Waals surface area contributed by atoms with Gasteiger partial charge in [-0.05, 0) is 49.4 Å². The Balaban J connectivity index is 2.07. The summed E-state index contributed by atoms with van der Waals surface area (Å²) in [6.45, 7) is 6.48. The lowest BCUT2D eigenvalue weighted by molar-refractivity contribution is 0.263. The fraction of sp³-hybridized carbons (Fsp3) is 0.625. The second-order valence-corrected chi connectivity index (χ2v) is 6.00. The lowest BCUT2D eigenvalue weighted by Gasteiger charge is -2.23. The molecule has 1 saturated heterocycles. The summed E-state index contributed by atoms with van der Waals surface area (Å²) in [4.78, 5) is 2.41. The third kappa shape index (κ3) is 4.11. The molecular weight excluding hydrogens is 272 g/mol. The predicted octanol–water partition coefficient (Wildman–Crippen LogP) is 3.05. The van der Waals surface area contributed by atoms with Crippen LogP contribution in [0.2, 0.25) is 5.02 Å². The molecule has 0 bridgehead atoms. The van der Waals surface area contributed by atoms with E-state index in [9.17, 15) is 0 Å². The lowest BCUT2D eigenvalue weighted by atomic mass is 10.1. The lowest BCUT2D eigenvalue weighted by Crippen LogP contribution is -2.23. The highest BCUT2D eigenvalue weighted by Gasteiger charge is 2.23. The maximum atomic E-state index is 9.08. The van der Waals surface area contributed by atoms with Crippen molar-refractivity contribution in [3.05, 3.63) is 28.8 Å². The molecule has 2 N–H and O–H groups in total. The molecule has 1 aromatic rings. The van der Waals surface area contributed by atoms with Gasteiger partial charge in [-0.1, -0.05) is 24.6 Å². The van der Waals surface area contributed by atoms with E-state index in [0.717, 1.165) is 50.5 Å². The first-order valence-corrected chi connectivity index (χ1v) is 7.97. The molecule has 1 heterocycles. The molecule has 2 rings (SSSR count). The minimum Gasteiger partial charge on any atom is -0.396 e. The molecule has 1 aliphatic heterocycles. The smallest absolute Gasteiger partial charge is 0.0434 e. The largest absolute Gasteiger partial charge is 0.396 e. The van der Waals surface area contributed by atoms with Gasteiger partial charge in [-0.25, -0.2) is 0 Å². The number of rotatable bonds is 7. The Labute approximate surface area is 126 Å². The summed E-state index contributed by atoms with van der Waals surface area (Å²) in [5.74, 6) is 0.607. The Hall–Kier alpha value is -0.770. The maximum absolute atomic E-state index is 9.08. The van der Waals surface area contributed by atoms with Crippen molar-refractivity contribution in [1.29, 1.82) is 0 Å². The molecule has 0 saturated carbocycles. The average Bonchev–Trinajstić information content (AvgIpc) is 2.89. The Bertz CT molecular complexity index is 425. The predicted molar refractivity (Wildman–Crippen MR) is 85.5 cm³/mol. The highest BCUT2D eigenvalue weighted by molar-refractivity contribution is 6.30. The van der Waals surface area contributed by atoms with Gasteiger partial charge in [0.25, 0.3) is 0 Å². The minimum atomic E-state index is 0.291. The van der Waals surface area contributed by atoms with Gasteiger partial charge in [0.2, 0.25) is 0 Å². The molecule has 0 aliphatic carbocycles.